The van der Waals surface area contributed by atoms with Crippen LogP contribution in [0.3, 0.4) is 0 Å². The smallest absolute Gasteiger partial charge is 0.109 e. The summed E-state index contributed by atoms with van der Waals surface area (Å²) in [5, 5.41) is 0. The molecule has 0 saturated carbocycles. The molecule has 0 saturated heterocycles. The molecule has 26 valence electrons. The van der Waals surface area contributed by atoms with Crippen molar-refractivity contribution < 1.29 is 0 Å². The molecule has 0 heterocycles. The molecule has 0 atom stereocenters. The van der Waals surface area contributed by atoms with E-state index in [1.165, 1.54) is 0 Å². The van der Waals surface area contributed by atoms with E-state index in [1.807, 2.05) is 0 Å². The second-order valence-electron chi connectivity index (χ2n) is 0. The van der Waals surface area contributed by atoms with E-state index in [0.717, 1.165) is 9.55 Å². The number of rotatable bonds is 0. The van der Waals surface area contributed by atoms with E-state index in [1.54, 1.807) is 0 Å². The van der Waals surface area contributed by atoms with Crippen LogP contribution in [0.2, 0.25) is 0 Å². The third-order valence-corrected chi connectivity index (χ3v) is 0. The molecule has 0 rings (SSSR count). The summed E-state index contributed by atoms with van der Waals surface area (Å²) in [6.07, 6.45) is 0. The predicted octanol–water partition coefficient (Wildman–Crippen LogP) is -0.989. The molecular weight excluding hydrogens is 139 g/mol. The van der Waals surface area contributed by atoms with Crippen LogP contribution in [0.4, 0.5) is 0 Å². The molecule has 0 aliphatic carbocycles. The second kappa shape index (κ2) is 19.7. The van der Waals surface area contributed by atoms with E-state index in [-0.39, 0.29) is 50.1 Å². The number of hydrogen-bond donors (Lipinski definition) is 0. The Hall–Kier alpha value is 2.06. The maximum absolute atomic E-state index is 4.78. The Morgan fingerprint density at radius 2 is 1.25 bits per heavy atom. The number of hydrogen-bond acceptors (Lipinski definition) is 0. The van der Waals surface area contributed by atoms with Crippen molar-refractivity contribution >= 4 is 70.8 Å². The largest absolute Gasteiger partial charge is 0.181 e. The van der Waals surface area contributed by atoms with Gasteiger partial charge in [0.15, 0.2) is 0 Å². The summed E-state index contributed by atoms with van der Waals surface area (Å²) in [7, 11) is 0.778. The molecule has 0 nitrogen and oxygen atoms in total. The topological polar surface area (TPSA) is 0 Å². The van der Waals surface area contributed by atoms with Gasteiger partial charge in [-0.05, 0) is 0 Å². The van der Waals surface area contributed by atoms with Crippen LogP contribution in [0.25, 0.3) is 0 Å². The molecule has 4 heavy (non-hydrogen) atoms. The van der Waals surface area contributed by atoms with Crippen molar-refractivity contribution in [1.82, 2.24) is 0 Å². The normalized spacial score (nSPS) is 2.25. The third-order valence-electron chi connectivity index (χ3n) is 0. The van der Waals surface area contributed by atoms with Crippen LogP contribution < -0.4 is 0 Å². The van der Waals surface area contributed by atoms with Gasteiger partial charge in [0.2, 0.25) is 0 Å². The summed E-state index contributed by atoms with van der Waals surface area (Å²) in [5.41, 5.74) is 0. The summed E-state index contributed by atoms with van der Waals surface area (Å²) in [4.78, 5) is 0. The molecule has 0 aliphatic heterocycles. The minimum absolute atomic E-state index is 0. The predicted molar refractivity (Wildman–Crippen MR) is 31.6 cm³/mol. The average molecular weight is 145 g/mol. The molecule has 0 aromatic rings. The average Bonchev–Trinajstić information content (AvgIpc) is 1.00. The Balaban J connectivity index is -0.00000000500. The Morgan fingerprint density at radius 3 is 1.25 bits per heavy atom. The third kappa shape index (κ3) is 8.96. The van der Waals surface area contributed by atoms with Gasteiger partial charge in [-0.3, -0.25) is 0 Å². The molecule has 0 spiro atoms. The van der Waals surface area contributed by atoms with Gasteiger partial charge in [0.1, 0.15) is 9.55 Å². The quantitative estimate of drug-likeness (QED) is 0.303. The zero-order chi connectivity index (χ0) is 2.00. The van der Waals surface area contributed by atoms with Crippen molar-refractivity contribution in [2.24, 2.45) is 0 Å². The van der Waals surface area contributed by atoms with Gasteiger partial charge in [0.05, 0.1) is 0 Å². The van der Waals surface area contributed by atoms with Gasteiger partial charge < -0.3 is 0 Å². The Morgan fingerprint density at radius 1 is 1.25 bits per heavy atom. The molecular formula is H6CaCl2Si. The van der Waals surface area contributed by atoms with Crippen LogP contribution in [0, 0.1) is 0 Å². The van der Waals surface area contributed by atoms with E-state index in [9.17, 15) is 0 Å². The molecule has 0 unspecified atom stereocenters. The monoisotopic (exact) mass is 144 g/mol. The van der Waals surface area contributed by atoms with Crippen molar-refractivity contribution in [1.29, 1.82) is 0 Å². The molecule has 0 fully saturated rings. The first-order valence-electron chi connectivity index (χ1n) is 0.378. The SMILES string of the molecule is Cl.[CaH2].[SiH3]Cl. The summed E-state index contributed by atoms with van der Waals surface area (Å²) in [6.45, 7) is 0. The van der Waals surface area contributed by atoms with Gasteiger partial charge in [-0.1, -0.05) is 0 Å². The molecule has 4 heteroatoms. The number of halogens is 2. The maximum atomic E-state index is 4.78. The Bertz CT molecular complexity index is 6.00. The summed E-state index contributed by atoms with van der Waals surface area (Å²) < 4.78 is 0. The maximum Gasteiger partial charge on any atom is 0.109 e. The van der Waals surface area contributed by atoms with E-state index in [0.29, 0.717) is 0 Å². The first-order chi connectivity index (χ1) is 1.00. The fourth-order valence-corrected chi connectivity index (χ4v) is 0. The first kappa shape index (κ1) is 16.6. The molecule has 0 bridgehead atoms. The van der Waals surface area contributed by atoms with Crippen LogP contribution in [0.15, 0.2) is 0 Å². The molecule has 0 aliphatic rings. The fourth-order valence-electron chi connectivity index (χ4n) is 0. The minimum atomic E-state index is 0. The van der Waals surface area contributed by atoms with Gasteiger partial charge in [0.25, 0.3) is 0 Å². The van der Waals surface area contributed by atoms with Crippen molar-refractivity contribution in [2.75, 3.05) is 0 Å². The van der Waals surface area contributed by atoms with E-state index >= 15 is 0 Å². The fraction of sp³-hybridized carbons (Fsp3) is 0. The summed E-state index contributed by atoms with van der Waals surface area (Å²) in [6, 6.07) is 0. The molecule has 0 aromatic heterocycles. The molecule has 0 amide bonds. The first-order valence-corrected chi connectivity index (χ1v) is 3.40. The minimum Gasteiger partial charge on any atom is -0.181 e. The van der Waals surface area contributed by atoms with Crippen molar-refractivity contribution in [3.8, 4) is 0 Å². The van der Waals surface area contributed by atoms with Gasteiger partial charge in [0, 0.05) is 0 Å². The summed E-state index contributed by atoms with van der Waals surface area (Å²) >= 11 is 4.78. The zero-order valence-electron chi connectivity index (χ0n) is 1.79. The van der Waals surface area contributed by atoms with E-state index in [4.69, 9.17) is 11.1 Å². The van der Waals surface area contributed by atoms with E-state index < -0.39 is 0 Å². The van der Waals surface area contributed by atoms with Crippen LogP contribution >= 0.6 is 23.5 Å². The van der Waals surface area contributed by atoms with Crippen LogP contribution in [-0.2, 0) is 0 Å². The van der Waals surface area contributed by atoms with Crippen LogP contribution in [-0.4, -0.2) is 47.3 Å². The molecule has 0 radical (unpaired) electrons. The Kier molecular flexibility index (Phi) is 81.5. The zero-order valence-corrected chi connectivity index (χ0v) is 5.36. The Labute approximate surface area is 69.8 Å². The van der Waals surface area contributed by atoms with Crippen molar-refractivity contribution in [2.45, 2.75) is 0 Å². The van der Waals surface area contributed by atoms with Crippen LogP contribution in [0.5, 0.6) is 0 Å². The van der Waals surface area contributed by atoms with Crippen molar-refractivity contribution in [3.05, 3.63) is 0 Å². The van der Waals surface area contributed by atoms with Gasteiger partial charge in [-0.15, -0.1) is 12.4 Å². The van der Waals surface area contributed by atoms with Crippen molar-refractivity contribution in [3.63, 3.8) is 0 Å². The standard InChI is InChI=1S/Ca.ClH3Si.ClH.2H/c;1-2;;;/h;2H3;1H;;. The molecule has 0 N–H and O–H groups in total. The molecule has 0 aromatic carbocycles. The van der Waals surface area contributed by atoms with Crippen LogP contribution in [0.1, 0.15) is 0 Å². The van der Waals surface area contributed by atoms with Gasteiger partial charge in [-0.2, -0.15) is 11.1 Å². The summed E-state index contributed by atoms with van der Waals surface area (Å²) in [5.74, 6) is 0. The van der Waals surface area contributed by atoms with E-state index in [2.05, 4.69) is 0 Å². The second-order valence-corrected chi connectivity index (χ2v) is 0. The van der Waals surface area contributed by atoms with Gasteiger partial charge in [-0.25, -0.2) is 0 Å². The van der Waals surface area contributed by atoms with Gasteiger partial charge >= 0.3 is 37.7 Å².